The highest BCUT2D eigenvalue weighted by molar-refractivity contribution is 5.46. The summed E-state index contributed by atoms with van der Waals surface area (Å²) >= 11 is 0. The second-order valence-corrected chi connectivity index (χ2v) is 4.36. The van der Waals surface area contributed by atoms with E-state index in [4.69, 9.17) is 0 Å². The Morgan fingerprint density at radius 1 is 1.40 bits per heavy atom. The molecule has 1 aliphatic rings. The van der Waals surface area contributed by atoms with Crippen LogP contribution in [0.1, 0.15) is 51.6 Å². The summed E-state index contributed by atoms with van der Waals surface area (Å²) in [6, 6.07) is 1.22. The van der Waals surface area contributed by atoms with Gasteiger partial charge in [-0.3, -0.25) is 0 Å². The Bertz CT molecular complexity index is 330. The molecule has 2 atom stereocenters. The fourth-order valence-corrected chi connectivity index (χ4v) is 2.38. The first kappa shape index (κ1) is 10.5. The maximum Gasteiger partial charge on any atom is 0.128 e. The molecule has 3 nitrogen and oxygen atoms in total. The summed E-state index contributed by atoms with van der Waals surface area (Å²) < 4.78 is 2.19. The third kappa shape index (κ3) is 1.75. The summed E-state index contributed by atoms with van der Waals surface area (Å²) in [7, 11) is 0. The molecule has 0 fully saturated rings. The molecule has 0 amide bonds. The van der Waals surface area contributed by atoms with Crippen molar-refractivity contribution in [1.82, 2.24) is 9.78 Å². The van der Waals surface area contributed by atoms with Crippen LogP contribution in [0.25, 0.3) is 0 Å². The van der Waals surface area contributed by atoms with Crippen molar-refractivity contribution >= 4 is 5.82 Å². The first-order valence-corrected chi connectivity index (χ1v) is 6.13. The average Bonchev–Trinajstić information content (AvgIpc) is 2.70. The van der Waals surface area contributed by atoms with Crippen molar-refractivity contribution < 1.29 is 0 Å². The van der Waals surface area contributed by atoms with Gasteiger partial charge in [-0.25, -0.2) is 4.68 Å². The van der Waals surface area contributed by atoms with Crippen LogP contribution in [-0.2, 0) is 6.42 Å². The van der Waals surface area contributed by atoms with Gasteiger partial charge in [-0.1, -0.05) is 20.8 Å². The van der Waals surface area contributed by atoms with Gasteiger partial charge in [0.25, 0.3) is 0 Å². The molecule has 1 aromatic heterocycles. The standard InChI is InChI=1S/C12H21N3/c1-4-9-8-13-15-11(6-3)7-10(5-2)14-12(9)15/h8,10-11,14H,4-7H2,1-3H3. The summed E-state index contributed by atoms with van der Waals surface area (Å²) in [5.74, 6) is 1.27. The van der Waals surface area contributed by atoms with E-state index in [0.717, 1.165) is 6.42 Å². The van der Waals surface area contributed by atoms with Crippen LogP contribution >= 0.6 is 0 Å². The number of hydrogen-bond donors (Lipinski definition) is 1. The molecule has 2 rings (SSSR count). The minimum Gasteiger partial charge on any atom is -0.367 e. The average molecular weight is 207 g/mol. The first-order chi connectivity index (χ1) is 7.30. The fourth-order valence-electron chi connectivity index (χ4n) is 2.38. The van der Waals surface area contributed by atoms with Gasteiger partial charge in [-0.15, -0.1) is 0 Å². The third-order valence-corrected chi connectivity index (χ3v) is 3.46. The summed E-state index contributed by atoms with van der Waals surface area (Å²) in [5.41, 5.74) is 1.35. The summed E-state index contributed by atoms with van der Waals surface area (Å²) in [5, 5.41) is 8.11. The van der Waals surface area contributed by atoms with E-state index in [1.54, 1.807) is 0 Å². The van der Waals surface area contributed by atoms with Crippen molar-refractivity contribution in [3.8, 4) is 0 Å². The van der Waals surface area contributed by atoms with Gasteiger partial charge in [-0.2, -0.15) is 5.10 Å². The predicted molar refractivity (Wildman–Crippen MR) is 63.3 cm³/mol. The summed E-state index contributed by atoms with van der Waals surface area (Å²) in [6.07, 6.45) is 6.67. The molecule has 1 N–H and O–H groups in total. The molecule has 0 spiro atoms. The van der Waals surface area contributed by atoms with Gasteiger partial charge in [0, 0.05) is 11.6 Å². The normalized spacial score (nSPS) is 24.7. The lowest BCUT2D eigenvalue weighted by Gasteiger charge is -2.31. The van der Waals surface area contributed by atoms with Crippen LogP contribution in [0.3, 0.4) is 0 Å². The number of aromatic nitrogens is 2. The zero-order valence-electron chi connectivity index (χ0n) is 9.95. The van der Waals surface area contributed by atoms with Crippen LogP contribution in [0.15, 0.2) is 6.20 Å². The second kappa shape index (κ2) is 4.25. The lowest BCUT2D eigenvalue weighted by molar-refractivity contribution is 0.362. The molecule has 1 aromatic rings. The molecule has 2 unspecified atom stereocenters. The zero-order valence-corrected chi connectivity index (χ0v) is 9.95. The van der Waals surface area contributed by atoms with Crippen LogP contribution in [0, 0.1) is 0 Å². The SMILES string of the molecule is CCc1cnn2c1NC(CC)CC2CC. The van der Waals surface area contributed by atoms with E-state index in [1.165, 1.54) is 30.6 Å². The van der Waals surface area contributed by atoms with E-state index >= 15 is 0 Å². The van der Waals surface area contributed by atoms with Crippen molar-refractivity contribution in [2.45, 2.75) is 58.5 Å². The van der Waals surface area contributed by atoms with Crippen LogP contribution in [-0.4, -0.2) is 15.8 Å². The van der Waals surface area contributed by atoms with Crippen LogP contribution in [0.5, 0.6) is 0 Å². The van der Waals surface area contributed by atoms with Crippen molar-refractivity contribution in [3.63, 3.8) is 0 Å². The minimum absolute atomic E-state index is 0.589. The molecule has 0 aliphatic carbocycles. The molecule has 1 aliphatic heterocycles. The second-order valence-electron chi connectivity index (χ2n) is 4.36. The number of aryl methyl sites for hydroxylation is 1. The maximum atomic E-state index is 4.50. The highest BCUT2D eigenvalue weighted by Crippen LogP contribution is 2.32. The van der Waals surface area contributed by atoms with Crippen LogP contribution in [0.4, 0.5) is 5.82 Å². The smallest absolute Gasteiger partial charge is 0.128 e. The van der Waals surface area contributed by atoms with E-state index in [0.29, 0.717) is 12.1 Å². The highest BCUT2D eigenvalue weighted by Gasteiger charge is 2.26. The molecule has 0 saturated heterocycles. The topological polar surface area (TPSA) is 29.9 Å². The largest absolute Gasteiger partial charge is 0.367 e. The van der Waals surface area contributed by atoms with Gasteiger partial charge in [0.05, 0.1) is 12.2 Å². The minimum atomic E-state index is 0.589. The lowest BCUT2D eigenvalue weighted by Crippen LogP contribution is -2.32. The van der Waals surface area contributed by atoms with Gasteiger partial charge in [0.15, 0.2) is 0 Å². The Hall–Kier alpha value is -0.990. The molecule has 0 saturated carbocycles. The van der Waals surface area contributed by atoms with Crippen LogP contribution < -0.4 is 5.32 Å². The van der Waals surface area contributed by atoms with Crippen LogP contribution in [0.2, 0.25) is 0 Å². The summed E-state index contributed by atoms with van der Waals surface area (Å²) in [6.45, 7) is 6.69. The monoisotopic (exact) mass is 207 g/mol. The lowest BCUT2D eigenvalue weighted by atomic mass is 10.00. The van der Waals surface area contributed by atoms with E-state index in [1.807, 2.05) is 6.20 Å². The van der Waals surface area contributed by atoms with E-state index in [9.17, 15) is 0 Å². The molecule has 0 bridgehead atoms. The number of anilines is 1. The van der Waals surface area contributed by atoms with Gasteiger partial charge in [0.1, 0.15) is 5.82 Å². The van der Waals surface area contributed by atoms with Gasteiger partial charge >= 0.3 is 0 Å². The zero-order chi connectivity index (χ0) is 10.8. The Kier molecular flexibility index (Phi) is 2.98. The van der Waals surface area contributed by atoms with Crippen molar-refractivity contribution in [2.24, 2.45) is 0 Å². The Morgan fingerprint density at radius 3 is 2.80 bits per heavy atom. The van der Waals surface area contributed by atoms with Crippen molar-refractivity contribution in [1.29, 1.82) is 0 Å². The molecule has 0 radical (unpaired) electrons. The van der Waals surface area contributed by atoms with E-state index in [-0.39, 0.29) is 0 Å². The number of fused-ring (bicyclic) bond motifs is 1. The highest BCUT2D eigenvalue weighted by atomic mass is 15.4. The Morgan fingerprint density at radius 2 is 2.20 bits per heavy atom. The van der Waals surface area contributed by atoms with Gasteiger partial charge < -0.3 is 5.32 Å². The molecular weight excluding hydrogens is 186 g/mol. The number of nitrogens with one attached hydrogen (secondary N) is 1. The Labute approximate surface area is 91.9 Å². The van der Waals surface area contributed by atoms with Crippen molar-refractivity contribution in [2.75, 3.05) is 5.32 Å². The molecule has 3 heteroatoms. The predicted octanol–water partition coefficient (Wildman–Crippen LogP) is 2.99. The molecule has 84 valence electrons. The first-order valence-electron chi connectivity index (χ1n) is 6.13. The summed E-state index contributed by atoms with van der Waals surface area (Å²) in [4.78, 5) is 0. The number of nitrogens with zero attached hydrogens (tertiary/aromatic N) is 2. The quantitative estimate of drug-likeness (QED) is 0.825. The van der Waals surface area contributed by atoms with E-state index in [2.05, 4.69) is 35.9 Å². The van der Waals surface area contributed by atoms with Crippen molar-refractivity contribution in [3.05, 3.63) is 11.8 Å². The van der Waals surface area contributed by atoms with E-state index < -0.39 is 0 Å². The maximum absolute atomic E-state index is 4.50. The third-order valence-electron chi connectivity index (χ3n) is 3.46. The molecule has 15 heavy (non-hydrogen) atoms. The molecular formula is C12H21N3. The fraction of sp³-hybridized carbons (Fsp3) is 0.750. The number of rotatable bonds is 3. The van der Waals surface area contributed by atoms with Gasteiger partial charge in [-0.05, 0) is 25.7 Å². The molecule has 0 aromatic carbocycles. The molecule has 2 heterocycles. The Balaban J connectivity index is 2.33. The van der Waals surface area contributed by atoms with Gasteiger partial charge in [0.2, 0.25) is 0 Å². The number of hydrogen-bond acceptors (Lipinski definition) is 2.